The van der Waals surface area contributed by atoms with Gasteiger partial charge < -0.3 is 16.0 Å². The van der Waals surface area contributed by atoms with E-state index in [4.69, 9.17) is 5.73 Å². The van der Waals surface area contributed by atoms with Crippen LogP contribution in [0.2, 0.25) is 0 Å². The van der Waals surface area contributed by atoms with Gasteiger partial charge in [-0.25, -0.2) is 0 Å². The van der Waals surface area contributed by atoms with Crippen LogP contribution in [0.15, 0.2) is 24.5 Å². The van der Waals surface area contributed by atoms with E-state index in [9.17, 15) is 0 Å². The molecule has 3 N–H and O–H groups in total. The van der Waals surface area contributed by atoms with Crippen molar-refractivity contribution in [3.05, 3.63) is 30.1 Å². The highest BCUT2D eigenvalue weighted by Gasteiger charge is 2.10. The van der Waals surface area contributed by atoms with Gasteiger partial charge in [0.15, 0.2) is 0 Å². The predicted octanol–water partition coefficient (Wildman–Crippen LogP) is 1.09. The summed E-state index contributed by atoms with van der Waals surface area (Å²) in [4.78, 5) is 18.2. The number of aromatic nitrogens is 4. The lowest BCUT2D eigenvalue weighted by molar-refractivity contribution is 0.847. The third-order valence-corrected chi connectivity index (χ3v) is 2.59. The summed E-state index contributed by atoms with van der Waals surface area (Å²) in [6, 6.07) is 3.93. The van der Waals surface area contributed by atoms with Gasteiger partial charge in [0.1, 0.15) is 0 Å². The van der Waals surface area contributed by atoms with Gasteiger partial charge in [-0.3, -0.25) is 4.98 Å². The molecule has 7 heteroatoms. The van der Waals surface area contributed by atoms with Gasteiger partial charge in [-0.15, -0.1) is 0 Å². The Labute approximate surface area is 111 Å². The summed E-state index contributed by atoms with van der Waals surface area (Å²) in [6.45, 7) is 2.02. The normalized spacial score (nSPS) is 11.9. The van der Waals surface area contributed by atoms with Crippen molar-refractivity contribution in [1.29, 1.82) is 0 Å². The summed E-state index contributed by atoms with van der Waals surface area (Å²) < 4.78 is 0. The molecular weight excluding hydrogens is 242 g/mol. The molecule has 0 aliphatic carbocycles. The molecule has 0 spiro atoms. The quantitative estimate of drug-likeness (QED) is 0.848. The van der Waals surface area contributed by atoms with Gasteiger partial charge in [-0.1, -0.05) is 0 Å². The SMILES string of the molecule is CC(Nc1nc(N)nc(N(C)C)n1)c1ccncc1. The Morgan fingerprint density at radius 2 is 1.84 bits per heavy atom. The van der Waals surface area contributed by atoms with Crippen molar-refractivity contribution < 1.29 is 0 Å². The van der Waals surface area contributed by atoms with Crippen LogP contribution in [0.3, 0.4) is 0 Å². The molecule has 0 saturated carbocycles. The van der Waals surface area contributed by atoms with Crippen LogP contribution >= 0.6 is 0 Å². The summed E-state index contributed by atoms with van der Waals surface area (Å²) in [5.74, 6) is 1.18. The van der Waals surface area contributed by atoms with Crippen molar-refractivity contribution in [2.45, 2.75) is 13.0 Å². The highest BCUT2D eigenvalue weighted by molar-refractivity contribution is 5.42. The van der Waals surface area contributed by atoms with E-state index >= 15 is 0 Å². The van der Waals surface area contributed by atoms with E-state index in [1.54, 1.807) is 17.3 Å². The summed E-state index contributed by atoms with van der Waals surface area (Å²) in [5.41, 5.74) is 6.77. The average molecular weight is 259 g/mol. The summed E-state index contributed by atoms with van der Waals surface area (Å²) in [5, 5.41) is 3.20. The van der Waals surface area contributed by atoms with Crippen molar-refractivity contribution in [2.75, 3.05) is 30.0 Å². The molecule has 100 valence electrons. The van der Waals surface area contributed by atoms with E-state index in [-0.39, 0.29) is 12.0 Å². The molecule has 0 aliphatic rings. The Morgan fingerprint density at radius 1 is 1.16 bits per heavy atom. The largest absolute Gasteiger partial charge is 0.368 e. The fourth-order valence-electron chi connectivity index (χ4n) is 1.57. The van der Waals surface area contributed by atoms with Gasteiger partial charge in [0.25, 0.3) is 0 Å². The Bertz CT molecular complexity index is 541. The highest BCUT2D eigenvalue weighted by atomic mass is 15.3. The maximum atomic E-state index is 5.67. The molecule has 2 heterocycles. The first-order valence-corrected chi connectivity index (χ1v) is 5.91. The van der Waals surface area contributed by atoms with Crippen LogP contribution in [-0.4, -0.2) is 34.0 Å². The number of nitrogens with two attached hydrogens (primary N) is 1. The van der Waals surface area contributed by atoms with Gasteiger partial charge in [0.05, 0.1) is 6.04 Å². The molecule has 2 aromatic heterocycles. The molecule has 0 saturated heterocycles. The van der Waals surface area contributed by atoms with Gasteiger partial charge in [-0.05, 0) is 24.6 Å². The zero-order valence-electron chi connectivity index (χ0n) is 11.2. The van der Waals surface area contributed by atoms with Crippen molar-refractivity contribution in [3.63, 3.8) is 0 Å². The van der Waals surface area contributed by atoms with Crippen molar-refractivity contribution in [3.8, 4) is 0 Å². The minimum absolute atomic E-state index is 0.0554. The minimum atomic E-state index is 0.0554. The number of hydrogen-bond donors (Lipinski definition) is 2. The molecule has 0 fully saturated rings. The Balaban J connectivity index is 2.19. The monoisotopic (exact) mass is 259 g/mol. The van der Waals surface area contributed by atoms with Gasteiger partial charge in [0.2, 0.25) is 17.8 Å². The number of nitrogens with zero attached hydrogens (tertiary/aromatic N) is 5. The number of nitrogen functional groups attached to an aromatic ring is 1. The van der Waals surface area contributed by atoms with Crippen LogP contribution in [-0.2, 0) is 0 Å². The second-order valence-corrected chi connectivity index (χ2v) is 4.36. The van der Waals surface area contributed by atoms with Crippen molar-refractivity contribution in [1.82, 2.24) is 19.9 Å². The molecule has 1 unspecified atom stereocenters. The molecule has 19 heavy (non-hydrogen) atoms. The number of rotatable bonds is 4. The van der Waals surface area contributed by atoms with Crippen molar-refractivity contribution in [2.24, 2.45) is 0 Å². The molecule has 0 bridgehead atoms. The fourth-order valence-corrected chi connectivity index (χ4v) is 1.57. The lowest BCUT2D eigenvalue weighted by Gasteiger charge is -2.16. The molecular formula is C12H17N7. The number of nitrogens with one attached hydrogen (secondary N) is 1. The lowest BCUT2D eigenvalue weighted by atomic mass is 10.1. The standard InChI is InChI=1S/C12H17N7/c1-8(9-4-6-14-7-5-9)15-11-16-10(13)17-12(18-11)19(2)3/h4-8H,1-3H3,(H3,13,15,16,17,18). The van der Waals surface area contributed by atoms with Crippen LogP contribution in [0.5, 0.6) is 0 Å². The zero-order chi connectivity index (χ0) is 13.8. The number of hydrogen-bond acceptors (Lipinski definition) is 7. The van der Waals surface area contributed by atoms with Gasteiger partial charge in [0, 0.05) is 26.5 Å². The molecule has 2 rings (SSSR count). The van der Waals surface area contributed by atoms with E-state index < -0.39 is 0 Å². The maximum Gasteiger partial charge on any atom is 0.231 e. The summed E-state index contributed by atoms with van der Waals surface area (Å²) in [6.07, 6.45) is 3.50. The molecule has 0 amide bonds. The Hall–Kier alpha value is -2.44. The van der Waals surface area contributed by atoms with E-state index in [2.05, 4.69) is 25.3 Å². The van der Waals surface area contributed by atoms with Gasteiger partial charge in [-0.2, -0.15) is 15.0 Å². The van der Waals surface area contributed by atoms with Crippen LogP contribution in [0.1, 0.15) is 18.5 Å². The molecule has 0 aliphatic heterocycles. The third kappa shape index (κ3) is 3.27. The van der Waals surface area contributed by atoms with E-state index in [0.29, 0.717) is 11.9 Å². The van der Waals surface area contributed by atoms with Crippen LogP contribution in [0, 0.1) is 0 Å². The number of pyridine rings is 1. The molecule has 7 nitrogen and oxygen atoms in total. The summed E-state index contributed by atoms with van der Waals surface area (Å²) >= 11 is 0. The lowest BCUT2D eigenvalue weighted by Crippen LogP contribution is -2.17. The van der Waals surface area contributed by atoms with E-state index in [1.165, 1.54) is 0 Å². The third-order valence-electron chi connectivity index (χ3n) is 2.59. The first kappa shape index (κ1) is 13.0. The fraction of sp³-hybridized carbons (Fsp3) is 0.333. The first-order valence-electron chi connectivity index (χ1n) is 5.91. The Morgan fingerprint density at radius 3 is 2.47 bits per heavy atom. The summed E-state index contributed by atoms with van der Waals surface area (Å²) in [7, 11) is 3.70. The smallest absolute Gasteiger partial charge is 0.231 e. The van der Waals surface area contributed by atoms with Gasteiger partial charge >= 0.3 is 0 Å². The topological polar surface area (TPSA) is 92.8 Å². The molecule has 1 atom stereocenters. The van der Waals surface area contributed by atoms with Crippen LogP contribution < -0.4 is 16.0 Å². The Kier molecular flexibility index (Phi) is 3.74. The van der Waals surface area contributed by atoms with E-state index in [1.807, 2.05) is 33.2 Å². The molecule has 0 radical (unpaired) electrons. The maximum absolute atomic E-state index is 5.67. The van der Waals surface area contributed by atoms with E-state index in [0.717, 1.165) is 5.56 Å². The first-order chi connectivity index (χ1) is 9.06. The second kappa shape index (κ2) is 5.47. The predicted molar refractivity (Wildman–Crippen MR) is 74.8 cm³/mol. The highest BCUT2D eigenvalue weighted by Crippen LogP contribution is 2.17. The van der Waals surface area contributed by atoms with Crippen molar-refractivity contribution >= 4 is 17.8 Å². The number of anilines is 3. The average Bonchev–Trinajstić information content (AvgIpc) is 2.39. The molecule has 0 aromatic carbocycles. The van der Waals surface area contributed by atoms with Crippen LogP contribution in [0.25, 0.3) is 0 Å². The zero-order valence-corrected chi connectivity index (χ0v) is 11.2. The second-order valence-electron chi connectivity index (χ2n) is 4.36. The minimum Gasteiger partial charge on any atom is -0.368 e. The molecule has 2 aromatic rings. The van der Waals surface area contributed by atoms with Crippen LogP contribution in [0.4, 0.5) is 17.8 Å².